The van der Waals surface area contributed by atoms with E-state index < -0.39 is 6.10 Å². The Morgan fingerprint density at radius 3 is 2.65 bits per heavy atom. The minimum absolute atomic E-state index is 0.152. The standard InChI is InChI=1S/C14H22N2O4/c1-10(2)11(17)5-7-15-13(18)6-8-16-14(19)12-4-3-9-20-12/h3-4,9-11,17H,5-8H2,1-2H3,(H,15,18)(H,16,19). The first-order chi connectivity index (χ1) is 9.50. The van der Waals surface area contributed by atoms with E-state index >= 15 is 0 Å². The minimum Gasteiger partial charge on any atom is -0.459 e. The zero-order valence-electron chi connectivity index (χ0n) is 11.9. The molecule has 1 aromatic heterocycles. The molecule has 112 valence electrons. The van der Waals surface area contributed by atoms with Crippen LogP contribution in [0.3, 0.4) is 0 Å². The number of rotatable bonds is 8. The monoisotopic (exact) mass is 282 g/mol. The number of furan rings is 1. The zero-order valence-corrected chi connectivity index (χ0v) is 11.9. The van der Waals surface area contributed by atoms with Crippen LogP contribution in [-0.2, 0) is 4.79 Å². The smallest absolute Gasteiger partial charge is 0.286 e. The van der Waals surface area contributed by atoms with E-state index in [-0.39, 0.29) is 36.5 Å². The Kier molecular flexibility index (Phi) is 6.79. The number of hydrogen-bond donors (Lipinski definition) is 3. The number of aliphatic hydroxyl groups is 1. The maximum absolute atomic E-state index is 11.5. The van der Waals surface area contributed by atoms with Gasteiger partial charge in [0.05, 0.1) is 12.4 Å². The van der Waals surface area contributed by atoms with Crippen LogP contribution >= 0.6 is 0 Å². The zero-order chi connectivity index (χ0) is 15.0. The summed E-state index contributed by atoms with van der Waals surface area (Å²) in [5.74, 6) is -0.0799. The predicted octanol–water partition coefficient (Wildman–Crippen LogP) is 0.923. The van der Waals surface area contributed by atoms with E-state index in [0.717, 1.165) is 0 Å². The second-order valence-electron chi connectivity index (χ2n) is 4.93. The van der Waals surface area contributed by atoms with E-state index in [4.69, 9.17) is 4.42 Å². The van der Waals surface area contributed by atoms with E-state index in [1.54, 1.807) is 12.1 Å². The average molecular weight is 282 g/mol. The van der Waals surface area contributed by atoms with Crippen LogP contribution in [-0.4, -0.2) is 36.1 Å². The maximum Gasteiger partial charge on any atom is 0.286 e. The third-order valence-corrected chi connectivity index (χ3v) is 2.91. The number of hydrogen-bond acceptors (Lipinski definition) is 4. The second-order valence-corrected chi connectivity index (χ2v) is 4.93. The second kappa shape index (κ2) is 8.37. The molecular weight excluding hydrogens is 260 g/mol. The summed E-state index contributed by atoms with van der Waals surface area (Å²) in [4.78, 5) is 23.0. The van der Waals surface area contributed by atoms with Gasteiger partial charge in [0.1, 0.15) is 0 Å². The molecule has 20 heavy (non-hydrogen) atoms. The molecule has 1 rings (SSSR count). The first-order valence-electron chi connectivity index (χ1n) is 6.77. The molecule has 1 unspecified atom stereocenters. The lowest BCUT2D eigenvalue weighted by Gasteiger charge is -2.14. The van der Waals surface area contributed by atoms with Crippen LogP contribution in [0.25, 0.3) is 0 Å². The van der Waals surface area contributed by atoms with Gasteiger partial charge < -0.3 is 20.2 Å². The van der Waals surface area contributed by atoms with Gasteiger partial charge in [-0.05, 0) is 24.5 Å². The summed E-state index contributed by atoms with van der Waals surface area (Å²) in [5, 5.41) is 14.9. The number of carbonyl (C=O) groups excluding carboxylic acids is 2. The summed E-state index contributed by atoms with van der Waals surface area (Å²) >= 11 is 0. The van der Waals surface area contributed by atoms with Crippen molar-refractivity contribution in [2.45, 2.75) is 32.8 Å². The fourth-order valence-corrected chi connectivity index (χ4v) is 1.57. The SMILES string of the molecule is CC(C)C(O)CCNC(=O)CCNC(=O)c1ccco1. The molecule has 0 spiro atoms. The molecular formula is C14H22N2O4. The molecule has 0 aliphatic rings. The Morgan fingerprint density at radius 1 is 1.30 bits per heavy atom. The van der Waals surface area contributed by atoms with E-state index in [0.29, 0.717) is 13.0 Å². The molecule has 0 aliphatic heterocycles. The number of aliphatic hydroxyl groups excluding tert-OH is 1. The lowest BCUT2D eigenvalue weighted by Crippen LogP contribution is -2.32. The van der Waals surface area contributed by atoms with E-state index in [1.807, 2.05) is 13.8 Å². The molecule has 0 saturated carbocycles. The van der Waals surface area contributed by atoms with Crippen LogP contribution in [0.2, 0.25) is 0 Å². The molecule has 1 atom stereocenters. The summed E-state index contributed by atoms with van der Waals surface area (Å²) in [6, 6.07) is 3.18. The Hall–Kier alpha value is -1.82. The van der Waals surface area contributed by atoms with Crippen molar-refractivity contribution in [2.24, 2.45) is 5.92 Å². The van der Waals surface area contributed by atoms with Gasteiger partial charge in [0, 0.05) is 19.5 Å². The third-order valence-electron chi connectivity index (χ3n) is 2.91. The number of amides is 2. The molecule has 0 aromatic carbocycles. The van der Waals surface area contributed by atoms with Crippen molar-refractivity contribution >= 4 is 11.8 Å². The largest absolute Gasteiger partial charge is 0.459 e. The normalized spacial score (nSPS) is 12.2. The van der Waals surface area contributed by atoms with Crippen LogP contribution in [0.4, 0.5) is 0 Å². The fourth-order valence-electron chi connectivity index (χ4n) is 1.57. The van der Waals surface area contributed by atoms with E-state index in [9.17, 15) is 14.7 Å². The quantitative estimate of drug-likeness (QED) is 0.661. The molecule has 0 radical (unpaired) electrons. The first kappa shape index (κ1) is 16.2. The Bertz CT molecular complexity index is 415. The van der Waals surface area contributed by atoms with Gasteiger partial charge in [-0.25, -0.2) is 0 Å². The van der Waals surface area contributed by atoms with Gasteiger partial charge in [-0.2, -0.15) is 0 Å². The van der Waals surface area contributed by atoms with Crippen LogP contribution < -0.4 is 10.6 Å². The van der Waals surface area contributed by atoms with Gasteiger partial charge >= 0.3 is 0 Å². The maximum atomic E-state index is 11.5. The predicted molar refractivity (Wildman–Crippen MR) is 74.1 cm³/mol. The molecule has 0 aliphatic carbocycles. The van der Waals surface area contributed by atoms with Crippen molar-refractivity contribution in [1.82, 2.24) is 10.6 Å². The van der Waals surface area contributed by atoms with Gasteiger partial charge in [-0.1, -0.05) is 13.8 Å². The molecule has 0 saturated heterocycles. The summed E-state index contributed by atoms with van der Waals surface area (Å²) in [6.45, 7) is 4.54. The van der Waals surface area contributed by atoms with Crippen LogP contribution in [0.15, 0.2) is 22.8 Å². The summed E-state index contributed by atoms with van der Waals surface area (Å²) in [5.41, 5.74) is 0. The van der Waals surface area contributed by atoms with Crippen LogP contribution in [0, 0.1) is 5.92 Å². The fraction of sp³-hybridized carbons (Fsp3) is 0.571. The molecule has 0 fully saturated rings. The third kappa shape index (κ3) is 5.88. The van der Waals surface area contributed by atoms with Crippen molar-refractivity contribution in [3.63, 3.8) is 0 Å². The number of carbonyl (C=O) groups is 2. The van der Waals surface area contributed by atoms with Gasteiger partial charge in [0.2, 0.25) is 5.91 Å². The summed E-state index contributed by atoms with van der Waals surface area (Å²) in [7, 11) is 0. The average Bonchev–Trinajstić information content (AvgIpc) is 2.92. The van der Waals surface area contributed by atoms with Crippen molar-refractivity contribution in [2.75, 3.05) is 13.1 Å². The lowest BCUT2D eigenvalue weighted by atomic mass is 10.0. The molecule has 2 amide bonds. The molecule has 6 heteroatoms. The first-order valence-corrected chi connectivity index (χ1v) is 6.77. The van der Waals surface area contributed by atoms with Crippen molar-refractivity contribution in [1.29, 1.82) is 0 Å². The molecule has 1 aromatic rings. The lowest BCUT2D eigenvalue weighted by molar-refractivity contribution is -0.121. The Balaban J connectivity index is 2.10. The highest BCUT2D eigenvalue weighted by Crippen LogP contribution is 2.04. The Labute approximate surface area is 118 Å². The summed E-state index contributed by atoms with van der Waals surface area (Å²) in [6.07, 6.45) is 1.74. The highest BCUT2D eigenvalue weighted by Gasteiger charge is 2.10. The molecule has 6 nitrogen and oxygen atoms in total. The molecule has 3 N–H and O–H groups in total. The van der Waals surface area contributed by atoms with Crippen molar-refractivity contribution in [3.8, 4) is 0 Å². The highest BCUT2D eigenvalue weighted by atomic mass is 16.3. The van der Waals surface area contributed by atoms with Crippen LogP contribution in [0.1, 0.15) is 37.2 Å². The van der Waals surface area contributed by atoms with Crippen molar-refractivity contribution < 1.29 is 19.1 Å². The van der Waals surface area contributed by atoms with Crippen LogP contribution in [0.5, 0.6) is 0 Å². The van der Waals surface area contributed by atoms with E-state index in [2.05, 4.69) is 10.6 Å². The highest BCUT2D eigenvalue weighted by molar-refractivity contribution is 5.91. The van der Waals surface area contributed by atoms with E-state index in [1.165, 1.54) is 6.26 Å². The molecule has 0 bridgehead atoms. The van der Waals surface area contributed by atoms with Gasteiger partial charge in [0.15, 0.2) is 5.76 Å². The van der Waals surface area contributed by atoms with Gasteiger partial charge in [0.25, 0.3) is 5.91 Å². The minimum atomic E-state index is -0.408. The number of nitrogens with one attached hydrogen (secondary N) is 2. The summed E-state index contributed by atoms with van der Waals surface area (Å²) < 4.78 is 4.93. The molecule has 1 heterocycles. The Morgan fingerprint density at radius 2 is 2.05 bits per heavy atom. The van der Waals surface area contributed by atoms with Crippen molar-refractivity contribution in [3.05, 3.63) is 24.2 Å². The topological polar surface area (TPSA) is 91.6 Å². The van der Waals surface area contributed by atoms with Gasteiger partial charge in [-0.15, -0.1) is 0 Å². The van der Waals surface area contributed by atoms with Gasteiger partial charge in [-0.3, -0.25) is 9.59 Å².